The predicted molar refractivity (Wildman–Crippen MR) is 59.7 cm³/mol. The number of hydrogen-bond acceptors (Lipinski definition) is 1. The predicted octanol–water partition coefficient (Wildman–Crippen LogP) is 4.06. The van der Waals surface area contributed by atoms with Crippen molar-refractivity contribution < 1.29 is 0 Å². The van der Waals surface area contributed by atoms with Crippen molar-refractivity contribution in [2.24, 2.45) is 0 Å². The maximum atomic E-state index is 6.03. The van der Waals surface area contributed by atoms with Gasteiger partial charge < -0.3 is 0 Å². The van der Waals surface area contributed by atoms with Gasteiger partial charge in [0.05, 0.1) is 5.02 Å². The molecule has 0 saturated heterocycles. The van der Waals surface area contributed by atoms with Gasteiger partial charge in [-0.05, 0) is 23.8 Å². The van der Waals surface area contributed by atoms with E-state index in [1.54, 1.807) is 18.5 Å². The quantitative estimate of drug-likeness (QED) is 0.711. The standard InChI is InChI=1S/C11H7Cl2N/c12-9-3-1-8(2-4-9)10-7-14-6-5-11(10)13/h1-7H. The lowest BCUT2D eigenvalue weighted by atomic mass is 10.1. The molecule has 1 aromatic heterocycles. The van der Waals surface area contributed by atoms with Gasteiger partial charge in [-0.15, -0.1) is 0 Å². The average molecular weight is 224 g/mol. The molecule has 0 saturated carbocycles. The average Bonchev–Trinajstić information content (AvgIpc) is 2.20. The summed E-state index contributed by atoms with van der Waals surface area (Å²) < 4.78 is 0. The van der Waals surface area contributed by atoms with Crippen molar-refractivity contribution >= 4 is 23.2 Å². The van der Waals surface area contributed by atoms with Crippen molar-refractivity contribution in [1.82, 2.24) is 4.98 Å². The Morgan fingerprint density at radius 2 is 1.64 bits per heavy atom. The van der Waals surface area contributed by atoms with Crippen LogP contribution in [0.4, 0.5) is 0 Å². The maximum Gasteiger partial charge on any atom is 0.0515 e. The van der Waals surface area contributed by atoms with Gasteiger partial charge in [0.1, 0.15) is 0 Å². The first-order valence-electron chi connectivity index (χ1n) is 4.13. The molecule has 1 aromatic carbocycles. The lowest BCUT2D eigenvalue weighted by Crippen LogP contribution is -1.80. The lowest BCUT2D eigenvalue weighted by Gasteiger charge is -2.02. The Hall–Kier alpha value is -1.05. The minimum atomic E-state index is 0.697. The van der Waals surface area contributed by atoms with E-state index in [-0.39, 0.29) is 0 Å². The molecule has 0 N–H and O–H groups in total. The highest BCUT2D eigenvalue weighted by Crippen LogP contribution is 2.27. The van der Waals surface area contributed by atoms with E-state index >= 15 is 0 Å². The number of nitrogens with zero attached hydrogens (tertiary/aromatic N) is 1. The fourth-order valence-corrected chi connectivity index (χ4v) is 1.56. The Morgan fingerprint density at radius 1 is 0.929 bits per heavy atom. The van der Waals surface area contributed by atoms with Gasteiger partial charge in [-0.1, -0.05) is 35.3 Å². The van der Waals surface area contributed by atoms with E-state index in [0.717, 1.165) is 11.1 Å². The van der Waals surface area contributed by atoms with Crippen LogP contribution in [0.1, 0.15) is 0 Å². The van der Waals surface area contributed by atoms with Crippen molar-refractivity contribution in [2.45, 2.75) is 0 Å². The monoisotopic (exact) mass is 223 g/mol. The van der Waals surface area contributed by atoms with Crippen molar-refractivity contribution in [1.29, 1.82) is 0 Å². The molecule has 0 aliphatic rings. The fourth-order valence-electron chi connectivity index (χ4n) is 1.22. The second-order valence-corrected chi connectivity index (χ2v) is 3.71. The molecule has 0 aliphatic heterocycles. The first-order chi connectivity index (χ1) is 6.77. The van der Waals surface area contributed by atoms with Gasteiger partial charge in [-0.25, -0.2) is 0 Å². The number of benzene rings is 1. The van der Waals surface area contributed by atoms with Gasteiger partial charge in [0.15, 0.2) is 0 Å². The van der Waals surface area contributed by atoms with Crippen LogP contribution in [0.2, 0.25) is 10.0 Å². The van der Waals surface area contributed by atoms with Crippen LogP contribution in [0.25, 0.3) is 11.1 Å². The highest BCUT2D eigenvalue weighted by molar-refractivity contribution is 6.33. The van der Waals surface area contributed by atoms with Crippen LogP contribution in [0, 0.1) is 0 Å². The molecule has 1 nitrogen and oxygen atoms in total. The molecule has 0 amide bonds. The second kappa shape index (κ2) is 3.99. The van der Waals surface area contributed by atoms with E-state index in [2.05, 4.69) is 4.98 Å². The second-order valence-electron chi connectivity index (χ2n) is 2.86. The van der Waals surface area contributed by atoms with E-state index in [1.807, 2.05) is 24.3 Å². The Kier molecular flexibility index (Phi) is 2.71. The fraction of sp³-hybridized carbons (Fsp3) is 0. The number of rotatable bonds is 1. The van der Waals surface area contributed by atoms with Gasteiger partial charge >= 0.3 is 0 Å². The molecule has 14 heavy (non-hydrogen) atoms. The van der Waals surface area contributed by atoms with Crippen LogP contribution >= 0.6 is 23.2 Å². The van der Waals surface area contributed by atoms with Crippen LogP contribution in [0.5, 0.6) is 0 Å². The molecule has 0 spiro atoms. The minimum Gasteiger partial charge on any atom is -0.264 e. The summed E-state index contributed by atoms with van der Waals surface area (Å²) in [5, 5.41) is 1.41. The Bertz CT molecular complexity index is 437. The summed E-state index contributed by atoms with van der Waals surface area (Å²) in [4.78, 5) is 4.03. The van der Waals surface area contributed by atoms with Crippen LogP contribution in [-0.4, -0.2) is 4.98 Å². The summed E-state index contributed by atoms with van der Waals surface area (Å²) in [7, 11) is 0. The molecule has 0 radical (unpaired) electrons. The third kappa shape index (κ3) is 1.89. The van der Waals surface area contributed by atoms with Crippen molar-refractivity contribution in [3.8, 4) is 11.1 Å². The summed E-state index contributed by atoms with van der Waals surface area (Å²) >= 11 is 11.8. The van der Waals surface area contributed by atoms with Crippen molar-refractivity contribution in [3.63, 3.8) is 0 Å². The molecule has 3 heteroatoms. The zero-order chi connectivity index (χ0) is 9.97. The number of hydrogen-bond donors (Lipinski definition) is 0. The topological polar surface area (TPSA) is 12.9 Å². The molecule has 0 aliphatic carbocycles. The summed E-state index contributed by atoms with van der Waals surface area (Å²) in [6.07, 6.45) is 3.41. The van der Waals surface area contributed by atoms with E-state index in [4.69, 9.17) is 23.2 Å². The normalized spacial score (nSPS) is 10.1. The van der Waals surface area contributed by atoms with Crippen LogP contribution in [-0.2, 0) is 0 Å². The van der Waals surface area contributed by atoms with E-state index < -0.39 is 0 Å². The number of aromatic nitrogens is 1. The van der Waals surface area contributed by atoms with Gasteiger partial charge in [0.2, 0.25) is 0 Å². The van der Waals surface area contributed by atoms with Crippen LogP contribution < -0.4 is 0 Å². The third-order valence-electron chi connectivity index (χ3n) is 1.92. The summed E-state index contributed by atoms with van der Waals surface area (Å²) in [5.41, 5.74) is 1.94. The van der Waals surface area contributed by atoms with Crippen molar-refractivity contribution in [2.75, 3.05) is 0 Å². The van der Waals surface area contributed by atoms with Gasteiger partial charge in [-0.2, -0.15) is 0 Å². The summed E-state index contributed by atoms with van der Waals surface area (Å²) in [6.45, 7) is 0. The maximum absolute atomic E-state index is 6.03. The third-order valence-corrected chi connectivity index (χ3v) is 2.50. The molecule has 0 bridgehead atoms. The Morgan fingerprint density at radius 3 is 2.29 bits per heavy atom. The van der Waals surface area contributed by atoms with Gasteiger partial charge in [0, 0.05) is 23.0 Å². The minimum absolute atomic E-state index is 0.697. The molecule has 1 heterocycles. The zero-order valence-electron chi connectivity index (χ0n) is 7.24. The molecule has 2 aromatic rings. The highest BCUT2D eigenvalue weighted by atomic mass is 35.5. The van der Waals surface area contributed by atoms with Crippen LogP contribution in [0.3, 0.4) is 0 Å². The first kappa shape index (κ1) is 9.50. The molecular formula is C11H7Cl2N. The molecule has 0 fully saturated rings. The lowest BCUT2D eigenvalue weighted by molar-refractivity contribution is 1.33. The highest BCUT2D eigenvalue weighted by Gasteiger charge is 2.01. The van der Waals surface area contributed by atoms with Crippen LogP contribution in [0.15, 0.2) is 42.7 Å². The largest absolute Gasteiger partial charge is 0.264 e. The van der Waals surface area contributed by atoms with E-state index in [9.17, 15) is 0 Å². The van der Waals surface area contributed by atoms with Gasteiger partial charge in [-0.3, -0.25) is 4.98 Å². The molecule has 2 rings (SSSR count). The number of halogens is 2. The van der Waals surface area contributed by atoms with Gasteiger partial charge in [0.25, 0.3) is 0 Å². The molecule has 0 atom stereocenters. The number of pyridine rings is 1. The first-order valence-corrected chi connectivity index (χ1v) is 4.88. The van der Waals surface area contributed by atoms with E-state index in [0.29, 0.717) is 10.0 Å². The summed E-state index contributed by atoms with van der Waals surface area (Å²) in [5.74, 6) is 0. The summed E-state index contributed by atoms with van der Waals surface area (Å²) in [6, 6.07) is 9.28. The molecule has 70 valence electrons. The molecular weight excluding hydrogens is 217 g/mol. The molecule has 0 unspecified atom stereocenters. The Labute approximate surface area is 92.3 Å². The SMILES string of the molecule is Clc1ccc(-c2cnccc2Cl)cc1. The zero-order valence-corrected chi connectivity index (χ0v) is 8.76. The van der Waals surface area contributed by atoms with E-state index in [1.165, 1.54) is 0 Å². The smallest absolute Gasteiger partial charge is 0.0515 e. The Balaban J connectivity index is 2.50. The van der Waals surface area contributed by atoms with Crippen molar-refractivity contribution in [3.05, 3.63) is 52.8 Å².